The molecule has 2 N–H and O–H groups in total. The minimum absolute atomic E-state index is 0.0835. The zero-order valence-electron chi connectivity index (χ0n) is 13.0. The number of hydrogen-bond acceptors (Lipinski definition) is 4. The predicted octanol–water partition coefficient (Wildman–Crippen LogP) is 2.17. The molecule has 0 aliphatic carbocycles. The highest BCUT2D eigenvalue weighted by atomic mass is 16.5. The number of aryl methyl sites for hydroxylation is 1. The molecule has 0 aliphatic heterocycles. The van der Waals surface area contributed by atoms with Crippen molar-refractivity contribution >= 4 is 17.6 Å². The Hall–Kier alpha value is -1.88. The van der Waals surface area contributed by atoms with E-state index in [-0.39, 0.29) is 18.4 Å². The van der Waals surface area contributed by atoms with Crippen LogP contribution in [0.25, 0.3) is 0 Å². The third-order valence-electron chi connectivity index (χ3n) is 3.20. The van der Waals surface area contributed by atoms with Crippen molar-refractivity contribution in [1.82, 2.24) is 5.32 Å². The molecule has 0 radical (unpaired) electrons. The van der Waals surface area contributed by atoms with E-state index in [0.29, 0.717) is 26.0 Å². The monoisotopic (exact) mass is 292 g/mol. The lowest BCUT2D eigenvalue weighted by Crippen LogP contribution is -2.29. The Bertz CT molecular complexity index is 486. The van der Waals surface area contributed by atoms with Crippen molar-refractivity contribution in [2.75, 3.05) is 25.0 Å². The molecular weight excluding hydrogens is 268 g/mol. The molecule has 0 unspecified atom stereocenters. The summed E-state index contributed by atoms with van der Waals surface area (Å²) in [6, 6.07) is 5.82. The molecule has 1 rings (SSSR count). The standard InChI is InChI=1S/C16H24N2O3/c1-4-21-16(20)9-6-10-17-11-15(19)18-14-8-5-7-12(2)13(14)3/h5,7-8,17H,4,6,9-11H2,1-3H3,(H,18,19). The van der Waals surface area contributed by atoms with E-state index < -0.39 is 0 Å². The lowest BCUT2D eigenvalue weighted by atomic mass is 10.1. The van der Waals surface area contributed by atoms with Gasteiger partial charge >= 0.3 is 5.97 Å². The van der Waals surface area contributed by atoms with Crippen LogP contribution in [-0.4, -0.2) is 31.6 Å². The summed E-state index contributed by atoms with van der Waals surface area (Å²) in [4.78, 5) is 22.9. The largest absolute Gasteiger partial charge is 0.466 e. The molecule has 1 amide bonds. The smallest absolute Gasteiger partial charge is 0.305 e. The zero-order chi connectivity index (χ0) is 15.7. The van der Waals surface area contributed by atoms with Crippen LogP contribution in [0.5, 0.6) is 0 Å². The van der Waals surface area contributed by atoms with Gasteiger partial charge in [-0.05, 0) is 50.9 Å². The van der Waals surface area contributed by atoms with E-state index in [0.717, 1.165) is 16.8 Å². The predicted molar refractivity (Wildman–Crippen MR) is 83.3 cm³/mol. The number of esters is 1. The highest BCUT2D eigenvalue weighted by molar-refractivity contribution is 5.93. The Morgan fingerprint density at radius 3 is 2.71 bits per heavy atom. The summed E-state index contributed by atoms with van der Waals surface area (Å²) >= 11 is 0. The quantitative estimate of drug-likeness (QED) is 0.569. The van der Waals surface area contributed by atoms with Crippen molar-refractivity contribution in [2.24, 2.45) is 0 Å². The van der Waals surface area contributed by atoms with Crippen molar-refractivity contribution in [3.8, 4) is 0 Å². The van der Waals surface area contributed by atoms with Gasteiger partial charge in [-0.15, -0.1) is 0 Å². The molecule has 0 saturated heterocycles. The second kappa shape index (κ2) is 9.13. The molecule has 1 aromatic rings. The van der Waals surface area contributed by atoms with E-state index in [2.05, 4.69) is 10.6 Å². The van der Waals surface area contributed by atoms with Gasteiger partial charge in [0, 0.05) is 12.1 Å². The summed E-state index contributed by atoms with van der Waals surface area (Å²) in [6.07, 6.45) is 1.04. The van der Waals surface area contributed by atoms with Crippen LogP contribution in [0, 0.1) is 13.8 Å². The topological polar surface area (TPSA) is 67.4 Å². The third-order valence-corrected chi connectivity index (χ3v) is 3.20. The fraction of sp³-hybridized carbons (Fsp3) is 0.500. The van der Waals surface area contributed by atoms with Crippen LogP contribution in [0.2, 0.25) is 0 Å². The molecule has 0 aliphatic rings. The summed E-state index contributed by atoms with van der Waals surface area (Å²) in [5, 5.41) is 5.90. The highest BCUT2D eigenvalue weighted by Crippen LogP contribution is 2.17. The minimum atomic E-state index is -0.195. The SMILES string of the molecule is CCOC(=O)CCCNCC(=O)Nc1cccc(C)c1C. The van der Waals surface area contributed by atoms with Gasteiger partial charge in [-0.1, -0.05) is 12.1 Å². The van der Waals surface area contributed by atoms with E-state index in [9.17, 15) is 9.59 Å². The summed E-state index contributed by atoms with van der Waals surface area (Å²) < 4.78 is 4.83. The molecule has 0 aromatic heterocycles. The maximum absolute atomic E-state index is 11.8. The molecule has 0 saturated carbocycles. The van der Waals surface area contributed by atoms with Gasteiger partial charge in [0.05, 0.1) is 13.2 Å². The Labute approximate surface area is 126 Å². The number of benzene rings is 1. The number of carbonyl (C=O) groups excluding carboxylic acids is 2. The fourth-order valence-corrected chi connectivity index (χ4v) is 1.87. The van der Waals surface area contributed by atoms with Gasteiger partial charge in [0.25, 0.3) is 0 Å². The second-order valence-corrected chi connectivity index (χ2v) is 4.88. The maximum atomic E-state index is 11.8. The minimum Gasteiger partial charge on any atom is -0.466 e. The highest BCUT2D eigenvalue weighted by Gasteiger charge is 2.06. The number of carbonyl (C=O) groups is 2. The second-order valence-electron chi connectivity index (χ2n) is 4.88. The summed E-state index contributed by atoms with van der Waals surface area (Å²) in [7, 11) is 0. The molecule has 0 heterocycles. The molecule has 5 heteroatoms. The van der Waals surface area contributed by atoms with Crippen LogP contribution in [0.15, 0.2) is 18.2 Å². The van der Waals surface area contributed by atoms with E-state index in [1.165, 1.54) is 0 Å². The van der Waals surface area contributed by atoms with Crippen molar-refractivity contribution in [3.63, 3.8) is 0 Å². The molecule has 0 atom stereocenters. The first-order valence-corrected chi connectivity index (χ1v) is 7.27. The summed E-state index contributed by atoms with van der Waals surface area (Å²) in [5.74, 6) is -0.279. The van der Waals surface area contributed by atoms with Crippen LogP contribution in [0.1, 0.15) is 30.9 Å². The number of rotatable bonds is 8. The number of ether oxygens (including phenoxy) is 1. The van der Waals surface area contributed by atoms with Crippen molar-refractivity contribution in [2.45, 2.75) is 33.6 Å². The number of hydrogen-bond donors (Lipinski definition) is 2. The van der Waals surface area contributed by atoms with E-state index in [4.69, 9.17) is 4.74 Å². The lowest BCUT2D eigenvalue weighted by Gasteiger charge is -2.10. The van der Waals surface area contributed by atoms with E-state index in [1.807, 2.05) is 32.0 Å². The van der Waals surface area contributed by atoms with Gasteiger partial charge < -0.3 is 15.4 Å². The van der Waals surface area contributed by atoms with Gasteiger partial charge in [0.15, 0.2) is 0 Å². The first-order valence-electron chi connectivity index (χ1n) is 7.27. The third kappa shape index (κ3) is 6.40. The fourth-order valence-electron chi connectivity index (χ4n) is 1.87. The zero-order valence-corrected chi connectivity index (χ0v) is 13.0. The van der Waals surface area contributed by atoms with Gasteiger partial charge in [0.2, 0.25) is 5.91 Å². The van der Waals surface area contributed by atoms with E-state index >= 15 is 0 Å². The molecule has 116 valence electrons. The normalized spacial score (nSPS) is 10.2. The first-order chi connectivity index (χ1) is 10.0. The van der Waals surface area contributed by atoms with Crippen molar-refractivity contribution in [3.05, 3.63) is 29.3 Å². The van der Waals surface area contributed by atoms with Crippen LogP contribution in [0.4, 0.5) is 5.69 Å². The van der Waals surface area contributed by atoms with Crippen LogP contribution in [-0.2, 0) is 14.3 Å². The van der Waals surface area contributed by atoms with E-state index in [1.54, 1.807) is 6.92 Å². The summed E-state index contributed by atoms with van der Waals surface area (Å²) in [5.41, 5.74) is 3.07. The molecule has 21 heavy (non-hydrogen) atoms. The number of anilines is 1. The average Bonchev–Trinajstić information content (AvgIpc) is 2.44. The Kier molecular flexibility index (Phi) is 7.46. The van der Waals surface area contributed by atoms with Crippen molar-refractivity contribution in [1.29, 1.82) is 0 Å². The Balaban J connectivity index is 2.23. The first kappa shape index (κ1) is 17.2. The number of amides is 1. The van der Waals surface area contributed by atoms with Gasteiger partial charge in [0.1, 0.15) is 0 Å². The lowest BCUT2D eigenvalue weighted by molar-refractivity contribution is -0.143. The van der Waals surface area contributed by atoms with Crippen LogP contribution in [0.3, 0.4) is 0 Å². The van der Waals surface area contributed by atoms with Crippen LogP contribution >= 0.6 is 0 Å². The van der Waals surface area contributed by atoms with Crippen LogP contribution < -0.4 is 10.6 Å². The Morgan fingerprint density at radius 2 is 2.00 bits per heavy atom. The molecule has 5 nitrogen and oxygen atoms in total. The molecule has 1 aromatic carbocycles. The molecular formula is C16H24N2O3. The van der Waals surface area contributed by atoms with Gasteiger partial charge in [-0.3, -0.25) is 9.59 Å². The average molecular weight is 292 g/mol. The number of nitrogens with one attached hydrogen (secondary N) is 2. The molecule has 0 fully saturated rings. The Morgan fingerprint density at radius 1 is 1.24 bits per heavy atom. The van der Waals surface area contributed by atoms with Gasteiger partial charge in [-0.25, -0.2) is 0 Å². The molecule has 0 bridgehead atoms. The maximum Gasteiger partial charge on any atom is 0.305 e. The molecule has 0 spiro atoms. The van der Waals surface area contributed by atoms with Crippen molar-refractivity contribution < 1.29 is 14.3 Å². The van der Waals surface area contributed by atoms with Gasteiger partial charge in [-0.2, -0.15) is 0 Å². The summed E-state index contributed by atoms with van der Waals surface area (Å²) in [6.45, 7) is 7.03.